The van der Waals surface area contributed by atoms with Crippen molar-refractivity contribution >= 4 is 20.9 Å². The Bertz CT molecular complexity index is 435. The first-order valence-corrected chi connectivity index (χ1v) is 4.82. The average Bonchev–Trinajstić information content (AvgIpc) is 2.43. The van der Waals surface area contributed by atoms with E-state index in [4.69, 9.17) is 38.5 Å². The highest BCUT2D eigenvalue weighted by atomic mass is 15.3. The van der Waals surface area contributed by atoms with Crippen LogP contribution < -0.4 is 0 Å². The smallest absolute Gasteiger partial charge is 0.358 e. The quantitative estimate of drug-likeness (QED) is 0.373. The maximum Gasteiger partial charge on any atom is 0.459 e. The number of terminal acetylenes is 6. The number of hydrogen-bond donors (Lipinski definition) is 0. The molecular weight excluding hydrogens is 219 g/mol. The SMILES string of the molecule is C#CB1N(C#C)B(C#C)N(C#C)B(C#C)N1C#C. The molecule has 1 heterocycles. The fourth-order valence-corrected chi connectivity index (χ4v) is 1.71. The van der Waals surface area contributed by atoms with E-state index in [1.807, 2.05) is 0 Å². The van der Waals surface area contributed by atoms with Crippen LogP contribution in [0, 0.1) is 74.1 Å². The van der Waals surface area contributed by atoms with Gasteiger partial charge in [-0.3, -0.25) is 0 Å². The largest absolute Gasteiger partial charge is 0.459 e. The predicted octanol–water partition coefficient (Wildman–Crippen LogP) is -1.34. The first kappa shape index (κ1) is 13.0. The van der Waals surface area contributed by atoms with Crippen LogP contribution in [0.3, 0.4) is 0 Å². The molecule has 6 heteroatoms. The molecule has 78 valence electrons. The summed E-state index contributed by atoms with van der Waals surface area (Å²) in [6.45, 7) is -2.11. The lowest BCUT2D eigenvalue weighted by molar-refractivity contribution is 0.678. The standard InChI is InChI=1S/C12H6B3N3/c1-7-13-16(10-4)14(8-2)18(12-6)15(9-3)17(13)11-5/h1-6H. The van der Waals surface area contributed by atoms with Crippen LogP contribution in [-0.4, -0.2) is 35.1 Å². The first-order valence-electron chi connectivity index (χ1n) is 4.82. The van der Waals surface area contributed by atoms with Gasteiger partial charge in [-0.1, -0.05) is 19.3 Å². The summed E-state index contributed by atoms with van der Waals surface area (Å²) >= 11 is 0. The van der Waals surface area contributed by atoms with Crippen LogP contribution in [-0.2, 0) is 0 Å². The molecule has 0 atom stereocenters. The summed E-state index contributed by atoms with van der Waals surface area (Å²) in [6.07, 6.45) is 32.5. The van der Waals surface area contributed by atoms with Gasteiger partial charge >= 0.3 is 20.9 Å². The van der Waals surface area contributed by atoms with E-state index in [9.17, 15) is 0 Å². The molecular formula is C12H6B3N3. The molecule has 1 rings (SSSR count). The third-order valence-electron chi connectivity index (χ3n) is 2.48. The van der Waals surface area contributed by atoms with E-state index in [2.05, 4.69) is 35.6 Å². The summed E-state index contributed by atoms with van der Waals surface area (Å²) in [6, 6.07) is 7.15. The van der Waals surface area contributed by atoms with Gasteiger partial charge in [0.25, 0.3) is 0 Å². The molecule has 0 N–H and O–H groups in total. The zero-order chi connectivity index (χ0) is 13.7. The third kappa shape index (κ3) is 1.70. The van der Waals surface area contributed by atoms with Gasteiger partial charge in [0.15, 0.2) is 0 Å². The molecule has 0 spiro atoms. The predicted molar refractivity (Wildman–Crippen MR) is 75.8 cm³/mol. The molecule has 0 aromatic heterocycles. The molecule has 0 unspecified atom stereocenters. The van der Waals surface area contributed by atoms with E-state index < -0.39 is 20.9 Å². The Morgan fingerprint density at radius 2 is 0.722 bits per heavy atom. The van der Waals surface area contributed by atoms with Crippen molar-refractivity contribution in [1.82, 2.24) is 14.2 Å². The number of hydrogen-bond acceptors (Lipinski definition) is 3. The van der Waals surface area contributed by atoms with Crippen LogP contribution in [0.2, 0.25) is 0 Å². The maximum absolute atomic E-state index is 5.42. The molecule has 0 aromatic carbocycles. The Labute approximate surface area is 110 Å². The van der Waals surface area contributed by atoms with Gasteiger partial charge in [-0.15, -0.1) is 36.7 Å². The minimum atomic E-state index is -0.702. The lowest BCUT2D eigenvalue weighted by atomic mass is 9.44. The Kier molecular flexibility index (Phi) is 3.86. The number of rotatable bonds is 0. The first-order chi connectivity index (χ1) is 8.69. The van der Waals surface area contributed by atoms with Gasteiger partial charge in [-0.25, -0.2) is 0 Å². The van der Waals surface area contributed by atoms with Crippen molar-refractivity contribution in [2.24, 2.45) is 0 Å². The van der Waals surface area contributed by atoms with Crippen LogP contribution >= 0.6 is 0 Å². The van der Waals surface area contributed by atoms with E-state index in [0.717, 1.165) is 0 Å². The second-order valence-electron chi connectivity index (χ2n) is 3.23. The molecule has 1 aliphatic rings. The Hall–Kier alpha value is -3.05. The van der Waals surface area contributed by atoms with E-state index in [1.165, 1.54) is 14.2 Å². The summed E-state index contributed by atoms with van der Waals surface area (Å²) in [4.78, 5) is 0. The fraction of sp³-hybridized carbons (Fsp3) is 0. The van der Waals surface area contributed by atoms with Crippen LogP contribution in [0.5, 0.6) is 0 Å². The molecule has 1 saturated heterocycles. The maximum atomic E-state index is 5.42. The van der Waals surface area contributed by atoms with E-state index in [-0.39, 0.29) is 0 Å². The van der Waals surface area contributed by atoms with Crippen molar-refractivity contribution in [3.05, 3.63) is 0 Å². The Morgan fingerprint density at radius 1 is 0.500 bits per heavy atom. The van der Waals surface area contributed by atoms with Gasteiger partial charge in [0.1, 0.15) is 0 Å². The summed E-state index contributed by atoms with van der Waals surface area (Å²) in [5.74, 6) is 7.38. The van der Waals surface area contributed by atoms with Crippen LogP contribution in [0.15, 0.2) is 0 Å². The zero-order valence-electron chi connectivity index (χ0n) is 9.54. The minimum absolute atomic E-state index is 0.702. The van der Waals surface area contributed by atoms with E-state index >= 15 is 0 Å². The van der Waals surface area contributed by atoms with Gasteiger partial charge in [0, 0.05) is 0 Å². The summed E-state index contributed by atoms with van der Waals surface area (Å²) in [5.41, 5.74) is 0. The Balaban J connectivity index is 3.39. The highest BCUT2D eigenvalue weighted by molar-refractivity contribution is 6.94. The topological polar surface area (TPSA) is 9.72 Å². The van der Waals surface area contributed by atoms with Gasteiger partial charge in [-0.2, -0.15) is 0 Å². The molecule has 0 bridgehead atoms. The monoisotopic (exact) mass is 225 g/mol. The van der Waals surface area contributed by atoms with Gasteiger partial charge in [-0.05, 0) is 18.1 Å². The second-order valence-corrected chi connectivity index (χ2v) is 3.23. The van der Waals surface area contributed by atoms with Gasteiger partial charge in [0.2, 0.25) is 0 Å². The average molecular weight is 225 g/mol. The third-order valence-corrected chi connectivity index (χ3v) is 2.48. The second kappa shape index (κ2) is 5.33. The lowest BCUT2D eigenvalue weighted by Crippen LogP contribution is -2.73. The van der Waals surface area contributed by atoms with Gasteiger partial charge in [0.05, 0.1) is 0 Å². The van der Waals surface area contributed by atoms with Crippen molar-refractivity contribution < 1.29 is 0 Å². The van der Waals surface area contributed by atoms with E-state index in [0.29, 0.717) is 0 Å². The normalized spacial score (nSPS) is 13.7. The van der Waals surface area contributed by atoms with Gasteiger partial charge < -0.3 is 14.2 Å². The molecule has 0 saturated carbocycles. The molecule has 1 fully saturated rings. The molecule has 0 aromatic rings. The molecule has 1 aliphatic heterocycles. The minimum Gasteiger partial charge on any atom is -0.358 e. The van der Waals surface area contributed by atoms with Crippen molar-refractivity contribution in [1.29, 1.82) is 0 Å². The molecule has 0 amide bonds. The number of nitrogens with zero attached hydrogens (tertiary/aromatic N) is 3. The van der Waals surface area contributed by atoms with Crippen LogP contribution in [0.1, 0.15) is 0 Å². The van der Waals surface area contributed by atoms with Crippen molar-refractivity contribution in [2.45, 2.75) is 0 Å². The lowest BCUT2D eigenvalue weighted by Gasteiger charge is -2.44. The van der Waals surface area contributed by atoms with Crippen molar-refractivity contribution in [2.75, 3.05) is 0 Å². The fourth-order valence-electron chi connectivity index (χ4n) is 1.71. The summed E-state index contributed by atoms with van der Waals surface area (Å²) < 4.78 is 4.11. The molecule has 0 radical (unpaired) electrons. The summed E-state index contributed by atoms with van der Waals surface area (Å²) in [5, 5.41) is 0. The zero-order valence-corrected chi connectivity index (χ0v) is 9.54. The molecule has 18 heavy (non-hydrogen) atoms. The highest BCUT2D eigenvalue weighted by Gasteiger charge is 2.51. The van der Waals surface area contributed by atoms with E-state index in [1.54, 1.807) is 0 Å². The highest BCUT2D eigenvalue weighted by Crippen LogP contribution is 2.16. The summed E-state index contributed by atoms with van der Waals surface area (Å²) in [7, 11) is 0. The molecule has 0 aliphatic carbocycles. The van der Waals surface area contributed by atoms with Crippen molar-refractivity contribution in [3.8, 4) is 74.1 Å². The molecule has 3 nitrogen and oxygen atoms in total. The van der Waals surface area contributed by atoms with Crippen LogP contribution in [0.4, 0.5) is 0 Å². The Morgan fingerprint density at radius 3 is 0.833 bits per heavy atom. The van der Waals surface area contributed by atoms with Crippen LogP contribution in [0.25, 0.3) is 0 Å². The van der Waals surface area contributed by atoms with Crippen molar-refractivity contribution in [3.63, 3.8) is 0 Å².